The lowest BCUT2D eigenvalue weighted by Crippen LogP contribution is -2.09. The van der Waals surface area contributed by atoms with Crippen LogP contribution in [-0.4, -0.2) is 11.7 Å². The predicted molar refractivity (Wildman–Crippen MR) is 85.7 cm³/mol. The molecular weight excluding hydrogens is 302 g/mol. The fourth-order valence-electron chi connectivity index (χ4n) is 2.17. The number of carbonyl (C=O) groups is 1. The normalized spacial score (nSPS) is 12.0. The van der Waals surface area contributed by atoms with Crippen molar-refractivity contribution >= 4 is 23.1 Å². The summed E-state index contributed by atoms with van der Waals surface area (Å²) < 4.78 is 11.2. The van der Waals surface area contributed by atoms with E-state index in [1.54, 1.807) is 18.3 Å². The molecule has 0 bridgehead atoms. The summed E-state index contributed by atoms with van der Waals surface area (Å²) in [6.45, 7) is 0.421. The molecule has 5 heteroatoms. The van der Waals surface area contributed by atoms with Gasteiger partial charge in [-0.1, -0.05) is 30.3 Å². The first kappa shape index (κ1) is 14.5. The number of benzene rings is 2. The summed E-state index contributed by atoms with van der Waals surface area (Å²) in [4.78, 5) is 12.0. The molecule has 0 saturated heterocycles. The Bertz CT molecular complexity index is 713. The van der Waals surface area contributed by atoms with Crippen LogP contribution < -0.4 is 14.8 Å². The van der Waals surface area contributed by atoms with Crippen LogP contribution in [0.3, 0.4) is 0 Å². The highest BCUT2D eigenvalue weighted by molar-refractivity contribution is 6.31. The average Bonchev–Trinajstić information content (AvgIpc) is 2.59. The van der Waals surface area contributed by atoms with Crippen LogP contribution in [0, 0.1) is 0 Å². The molecule has 2 aromatic rings. The molecule has 0 unspecified atom stereocenters. The van der Waals surface area contributed by atoms with Gasteiger partial charge in [0.1, 0.15) is 18.6 Å². The Hall–Kier alpha value is -2.46. The van der Waals surface area contributed by atoms with Gasteiger partial charge in [-0.05, 0) is 11.6 Å². The first-order chi connectivity index (χ1) is 10.8. The van der Waals surface area contributed by atoms with Crippen LogP contribution in [0.15, 0.2) is 54.9 Å². The van der Waals surface area contributed by atoms with E-state index in [2.05, 4.69) is 5.32 Å². The van der Waals surface area contributed by atoms with Crippen LogP contribution in [0.1, 0.15) is 15.9 Å². The van der Waals surface area contributed by atoms with Gasteiger partial charge in [0.2, 0.25) is 0 Å². The van der Waals surface area contributed by atoms with E-state index in [0.717, 1.165) is 5.56 Å². The van der Waals surface area contributed by atoms with E-state index in [1.165, 1.54) is 6.26 Å². The maximum absolute atomic E-state index is 12.0. The van der Waals surface area contributed by atoms with Gasteiger partial charge in [-0.25, -0.2) is 0 Å². The minimum Gasteiger partial charge on any atom is -0.489 e. The smallest absolute Gasteiger partial charge is 0.181 e. The SMILES string of the molecule is O=C(CCl)c1cc(OCc2ccccc2)cc2c1OC=CN2. The first-order valence-electron chi connectivity index (χ1n) is 6.80. The lowest BCUT2D eigenvalue weighted by molar-refractivity contribution is 0.101. The highest BCUT2D eigenvalue weighted by Gasteiger charge is 2.19. The number of halogens is 1. The van der Waals surface area contributed by atoms with E-state index in [1.807, 2.05) is 30.3 Å². The molecule has 0 aliphatic carbocycles. The molecule has 4 nitrogen and oxygen atoms in total. The number of carbonyl (C=O) groups excluding carboxylic acids is 1. The van der Waals surface area contributed by atoms with E-state index in [4.69, 9.17) is 21.1 Å². The fourth-order valence-corrected chi connectivity index (χ4v) is 2.31. The van der Waals surface area contributed by atoms with Gasteiger partial charge >= 0.3 is 0 Å². The predicted octanol–water partition coefficient (Wildman–Crippen LogP) is 3.96. The van der Waals surface area contributed by atoms with Gasteiger partial charge in [0.25, 0.3) is 0 Å². The van der Waals surface area contributed by atoms with E-state index < -0.39 is 0 Å². The number of hydrogen-bond acceptors (Lipinski definition) is 4. The number of rotatable bonds is 5. The summed E-state index contributed by atoms with van der Waals surface area (Å²) in [6.07, 6.45) is 3.14. The zero-order valence-corrected chi connectivity index (χ0v) is 12.5. The van der Waals surface area contributed by atoms with Crippen LogP contribution in [0.5, 0.6) is 11.5 Å². The van der Waals surface area contributed by atoms with Gasteiger partial charge in [0.05, 0.1) is 17.1 Å². The number of fused-ring (bicyclic) bond motifs is 1. The molecule has 0 amide bonds. The quantitative estimate of drug-likeness (QED) is 0.670. The molecule has 2 aromatic carbocycles. The maximum atomic E-state index is 12.0. The lowest BCUT2D eigenvalue weighted by atomic mass is 10.1. The van der Waals surface area contributed by atoms with E-state index >= 15 is 0 Å². The molecule has 0 aromatic heterocycles. The monoisotopic (exact) mass is 315 g/mol. The maximum Gasteiger partial charge on any atom is 0.181 e. The number of ether oxygens (including phenoxy) is 2. The summed E-state index contributed by atoms with van der Waals surface area (Å²) in [5.41, 5.74) is 2.14. The number of nitrogens with one attached hydrogen (secondary N) is 1. The molecular formula is C17H14ClNO3. The van der Waals surface area contributed by atoms with Crippen LogP contribution in [0.25, 0.3) is 0 Å². The molecule has 3 rings (SSSR count). The van der Waals surface area contributed by atoms with E-state index in [0.29, 0.717) is 29.4 Å². The first-order valence-corrected chi connectivity index (χ1v) is 7.33. The van der Waals surface area contributed by atoms with Crippen molar-refractivity contribution in [2.24, 2.45) is 0 Å². The second-order valence-corrected chi connectivity index (χ2v) is 5.01. The summed E-state index contributed by atoms with van der Waals surface area (Å²) in [5.74, 6) is 0.740. The Morgan fingerprint density at radius 1 is 1.23 bits per heavy atom. The van der Waals surface area contributed by atoms with Crippen LogP contribution in [0.4, 0.5) is 5.69 Å². The van der Waals surface area contributed by atoms with Gasteiger partial charge in [0, 0.05) is 12.3 Å². The van der Waals surface area contributed by atoms with Crippen molar-refractivity contribution in [1.29, 1.82) is 0 Å². The molecule has 1 N–H and O–H groups in total. The van der Waals surface area contributed by atoms with Crippen molar-refractivity contribution in [2.75, 3.05) is 11.2 Å². The molecule has 0 radical (unpaired) electrons. The Balaban J connectivity index is 1.87. The largest absolute Gasteiger partial charge is 0.489 e. The van der Waals surface area contributed by atoms with Crippen molar-refractivity contribution in [1.82, 2.24) is 0 Å². The fraction of sp³-hybridized carbons (Fsp3) is 0.118. The number of Topliss-reactive ketones (excluding diaryl/α,β-unsaturated/α-hetero) is 1. The third-order valence-electron chi connectivity index (χ3n) is 3.23. The van der Waals surface area contributed by atoms with Gasteiger partial charge < -0.3 is 14.8 Å². The standard InChI is InChI=1S/C17H14ClNO3/c18-10-16(20)14-8-13(9-15-17(14)21-7-6-19-15)22-11-12-4-2-1-3-5-12/h1-9,19H,10-11H2. The number of hydrogen-bond donors (Lipinski definition) is 1. The Morgan fingerprint density at radius 2 is 2.05 bits per heavy atom. The Kier molecular flexibility index (Phi) is 4.30. The Labute approximate surface area is 133 Å². The molecule has 0 spiro atoms. The molecule has 1 heterocycles. The minimum atomic E-state index is -0.208. The molecule has 1 aliphatic heterocycles. The van der Waals surface area contributed by atoms with E-state index in [9.17, 15) is 4.79 Å². The summed E-state index contributed by atoms with van der Waals surface area (Å²) >= 11 is 5.67. The third-order valence-corrected chi connectivity index (χ3v) is 3.47. The van der Waals surface area contributed by atoms with Gasteiger partial charge in [-0.3, -0.25) is 4.79 Å². The van der Waals surface area contributed by atoms with E-state index in [-0.39, 0.29) is 11.7 Å². The van der Waals surface area contributed by atoms with Gasteiger partial charge in [-0.15, -0.1) is 11.6 Å². The van der Waals surface area contributed by atoms with Crippen molar-refractivity contribution in [3.63, 3.8) is 0 Å². The minimum absolute atomic E-state index is 0.109. The van der Waals surface area contributed by atoms with Crippen molar-refractivity contribution in [2.45, 2.75) is 6.61 Å². The van der Waals surface area contributed by atoms with Crippen LogP contribution in [-0.2, 0) is 6.61 Å². The second-order valence-electron chi connectivity index (χ2n) is 4.74. The van der Waals surface area contributed by atoms with Crippen molar-refractivity contribution in [3.8, 4) is 11.5 Å². The van der Waals surface area contributed by atoms with Crippen LogP contribution >= 0.6 is 11.6 Å². The number of anilines is 1. The average molecular weight is 316 g/mol. The van der Waals surface area contributed by atoms with Crippen LogP contribution in [0.2, 0.25) is 0 Å². The lowest BCUT2D eigenvalue weighted by Gasteiger charge is -2.18. The zero-order valence-electron chi connectivity index (χ0n) is 11.7. The molecule has 0 atom stereocenters. The summed E-state index contributed by atoms with van der Waals surface area (Å²) in [5, 5.41) is 3.04. The highest BCUT2D eigenvalue weighted by Crippen LogP contribution is 2.36. The molecule has 112 valence electrons. The van der Waals surface area contributed by atoms with Gasteiger partial charge in [-0.2, -0.15) is 0 Å². The Morgan fingerprint density at radius 3 is 2.82 bits per heavy atom. The third kappa shape index (κ3) is 3.07. The summed E-state index contributed by atoms with van der Waals surface area (Å²) in [6, 6.07) is 13.3. The number of ketones is 1. The highest BCUT2D eigenvalue weighted by atomic mass is 35.5. The van der Waals surface area contributed by atoms with Crippen molar-refractivity contribution < 1.29 is 14.3 Å². The zero-order chi connectivity index (χ0) is 15.4. The topological polar surface area (TPSA) is 47.6 Å². The number of alkyl halides is 1. The molecule has 0 saturated carbocycles. The second kappa shape index (κ2) is 6.54. The molecule has 22 heavy (non-hydrogen) atoms. The molecule has 0 fully saturated rings. The van der Waals surface area contributed by atoms with Crippen molar-refractivity contribution in [3.05, 3.63) is 66.1 Å². The molecule has 1 aliphatic rings. The summed E-state index contributed by atoms with van der Waals surface area (Å²) in [7, 11) is 0. The van der Waals surface area contributed by atoms with Gasteiger partial charge in [0.15, 0.2) is 11.5 Å².